The summed E-state index contributed by atoms with van der Waals surface area (Å²) < 4.78 is 0. The standard InChI is InChI=1S/C15H20N4/c1-11-5-3-4-6-13(11)14-7-8-15(19-18-14)17-12(2)9-10-16/h3-8,12H,9-10,16H2,1-2H3,(H,17,19). The van der Waals surface area contributed by atoms with Crippen molar-refractivity contribution < 1.29 is 0 Å². The first-order valence-electron chi connectivity index (χ1n) is 6.57. The van der Waals surface area contributed by atoms with Crippen LogP contribution in [-0.2, 0) is 0 Å². The van der Waals surface area contributed by atoms with Crippen LogP contribution in [-0.4, -0.2) is 22.8 Å². The first kappa shape index (κ1) is 13.5. The number of nitrogens with two attached hydrogens (primary N) is 1. The van der Waals surface area contributed by atoms with Crippen LogP contribution >= 0.6 is 0 Å². The zero-order chi connectivity index (χ0) is 13.7. The molecule has 19 heavy (non-hydrogen) atoms. The number of aromatic nitrogens is 2. The highest BCUT2D eigenvalue weighted by Crippen LogP contribution is 2.20. The van der Waals surface area contributed by atoms with Gasteiger partial charge in [0.25, 0.3) is 0 Å². The molecular formula is C15H20N4. The number of nitrogens with zero attached hydrogens (tertiary/aromatic N) is 2. The van der Waals surface area contributed by atoms with Crippen LogP contribution < -0.4 is 11.1 Å². The third-order valence-corrected chi connectivity index (χ3v) is 3.08. The van der Waals surface area contributed by atoms with Crippen molar-refractivity contribution in [2.24, 2.45) is 5.73 Å². The molecule has 0 spiro atoms. The lowest BCUT2D eigenvalue weighted by atomic mass is 10.1. The molecule has 1 atom stereocenters. The lowest BCUT2D eigenvalue weighted by Crippen LogP contribution is -2.20. The third-order valence-electron chi connectivity index (χ3n) is 3.08. The van der Waals surface area contributed by atoms with Crippen LogP contribution in [0.2, 0.25) is 0 Å². The van der Waals surface area contributed by atoms with Gasteiger partial charge in [0.2, 0.25) is 0 Å². The molecule has 0 bridgehead atoms. The van der Waals surface area contributed by atoms with Crippen molar-refractivity contribution in [3.05, 3.63) is 42.0 Å². The van der Waals surface area contributed by atoms with Gasteiger partial charge in [-0.15, -0.1) is 10.2 Å². The summed E-state index contributed by atoms with van der Waals surface area (Å²) in [6, 6.07) is 12.4. The number of rotatable bonds is 5. The van der Waals surface area contributed by atoms with Crippen molar-refractivity contribution in [3.63, 3.8) is 0 Å². The molecule has 2 aromatic rings. The highest BCUT2D eigenvalue weighted by Gasteiger charge is 2.05. The quantitative estimate of drug-likeness (QED) is 0.863. The molecule has 0 aliphatic rings. The topological polar surface area (TPSA) is 63.8 Å². The van der Waals surface area contributed by atoms with Gasteiger partial charge in [0.15, 0.2) is 0 Å². The number of hydrogen-bond acceptors (Lipinski definition) is 4. The predicted molar refractivity (Wildman–Crippen MR) is 79.0 cm³/mol. The Labute approximate surface area is 114 Å². The second-order valence-corrected chi connectivity index (χ2v) is 4.74. The minimum Gasteiger partial charge on any atom is -0.366 e. The van der Waals surface area contributed by atoms with Crippen molar-refractivity contribution in [2.45, 2.75) is 26.3 Å². The van der Waals surface area contributed by atoms with E-state index >= 15 is 0 Å². The summed E-state index contributed by atoms with van der Waals surface area (Å²) in [5.41, 5.74) is 8.75. The molecule has 0 aliphatic heterocycles. The van der Waals surface area contributed by atoms with Gasteiger partial charge >= 0.3 is 0 Å². The fourth-order valence-corrected chi connectivity index (χ4v) is 1.99. The Kier molecular flexibility index (Phi) is 4.47. The van der Waals surface area contributed by atoms with Crippen LogP contribution in [0.5, 0.6) is 0 Å². The molecular weight excluding hydrogens is 236 g/mol. The molecule has 0 amide bonds. The van der Waals surface area contributed by atoms with Crippen molar-refractivity contribution in [3.8, 4) is 11.3 Å². The van der Waals surface area contributed by atoms with Gasteiger partial charge in [-0.05, 0) is 44.5 Å². The second kappa shape index (κ2) is 6.29. The summed E-state index contributed by atoms with van der Waals surface area (Å²) in [6.45, 7) is 4.83. The van der Waals surface area contributed by atoms with Crippen molar-refractivity contribution in [1.29, 1.82) is 0 Å². The number of hydrogen-bond donors (Lipinski definition) is 2. The van der Waals surface area contributed by atoms with E-state index < -0.39 is 0 Å². The average Bonchev–Trinajstić information content (AvgIpc) is 2.41. The van der Waals surface area contributed by atoms with E-state index in [1.165, 1.54) is 5.56 Å². The monoisotopic (exact) mass is 256 g/mol. The first-order chi connectivity index (χ1) is 9.20. The smallest absolute Gasteiger partial charge is 0.148 e. The SMILES string of the molecule is Cc1ccccc1-c1ccc(NC(C)CCN)nn1. The van der Waals surface area contributed by atoms with Gasteiger partial charge in [0.1, 0.15) is 5.82 Å². The van der Waals surface area contributed by atoms with Gasteiger partial charge in [-0.3, -0.25) is 0 Å². The van der Waals surface area contributed by atoms with Crippen LogP contribution in [0.3, 0.4) is 0 Å². The molecule has 1 unspecified atom stereocenters. The zero-order valence-electron chi connectivity index (χ0n) is 11.4. The van der Waals surface area contributed by atoms with E-state index in [1.807, 2.05) is 24.3 Å². The van der Waals surface area contributed by atoms with Crippen LogP contribution in [0.25, 0.3) is 11.3 Å². The van der Waals surface area contributed by atoms with Crippen LogP contribution in [0.1, 0.15) is 18.9 Å². The molecule has 1 aromatic carbocycles. The molecule has 1 heterocycles. The fourth-order valence-electron chi connectivity index (χ4n) is 1.99. The van der Waals surface area contributed by atoms with E-state index in [0.717, 1.165) is 23.5 Å². The van der Waals surface area contributed by atoms with E-state index in [9.17, 15) is 0 Å². The lowest BCUT2D eigenvalue weighted by molar-refractivity contribution is 0.711. The molecule has 0 saturated heterocycles. The van der Waals surface area contributed by atoms with Crippen molar-refractivity contribution in [1.82, 2.24) is 10.2 Å². The Morgan fingerprint density at radius 3 is 2.58 bits per heavy atom. The highest BCUT2D eigenvalue weighted by atomic mass is 15.2. The summed E-state index contributed by atoms with van der Waals surface area (Å²) >= 11 is 0. The van der Waals surface area contributed by atoms with E-state index in [4.69, 9.17) is 5.73 Å². The van der Waals surface area contributed by atoms with Gasteiger partial charge in [-0.2, -0.15) is 0 Å². The second-order valence-electron chi connectivity index (χ2n) is 4.74. The fraction of sp³-hybridized carbons (Fsp3) is 0.333. The summed E-state index contributed by atoms with van der Waals surface area (Å²) in [7, 11) is 0. The van der Waals surface area contributed by atoms with Gasteiger partial charge in [-0.1, -0.05) is 24.3 Å². The van der Waals surface area contributed by atoms with Crippen LogP contribution in [0, 0.1) is 6.92 Å². The Morgan fingerprint density at radius 1 is 1.16 bits per heavy atom. The van der Waals surface area contributed by atoms with Gasteiger partial charge in [-0.25, -0.2) is 0 Å². The minimum atomic E-state index is 0.309. The molecule has 2 rings (SSSR count). The first-order valence-corrected chi connectivity index (χ1v) is 6.57. The van der Waals surface area contributed by atoms with Gasteiger partial charge in [0, 0.05) is 11.6 Å². The predicted octanol–water partition coefficient (Wildman–Crippen LogP) is 2.60. The molecule has 100 valence electrons. The maximum Gasteiger partial charge on any atom is 0.148 e. The summed E-state index contributed by atoms with van der Waals surface area (Å²) in [5, 5.41) is 11.8. The Balaban J connectivity index is 2.13. The highest BCUT2D eigenvalue weighted by molar-refractivity contribution is 5.63. The van der Waals surface area contributed by atoms with Crippen molar-refractivity contribution >= 4 is 5.82 Å². The van der Waals surface area contributed by atoms with Crippen LogP contribution in [0.4, 0.5) is 5.82 Å². The van der Waals surface area contributed by atoms with Crippen molar-refractivity contribution in [2.75, 3.05) is 11.9 Å². The van der Waals surface area contributed by atoms with E-state index in [-0.39, 0.29) is 0 Å². The number of benzene rings is 1. The Hall–Kier alpha value is -1.94. The normalized spacial score (nSPS) is 12.2. The molecule has 4 nitrogen and oxygen atoms in total. The number of nitrogens with one attached hydrogen (secondary N) is 1. The summed E-state index contributed by atoms with van der Waals surface area (Å²) in [5.74, 6) is 0.790. The number of anilines is 1. The van der Waals surface area contributed by atoms with E-state index in [2.05, 4.69) is 41.5 Å². The summed E-state index contributed by atoms with van der Waals surface area (Å²) in [6.07, 6.45) is 0.918. The van der Waals surface area contributed by atoms with Gasteiger partial charge < -0.3 is 11.1 Å². The van der Waals surface area contributed by atoms with E-state index in [0.29, 0.717) is 12.6 Å². The molecule has 0 fully saturated rings. The molecule has 0 aliphatic carbocycles. The van der Waals surface area contributed by atoms with Gasteiger partial charge in [0.05, 0.1) is 5.69 Å². The van der Waals surface area contributed by atoms with Crippen LogP contribution in [0.15, 0.2) is 36.4 Å². The summed E-state index contributed by atoms with van der Waals surface area (Å²) in [4.78, 5) is 0. The molecule has 3 N–H and O–H groups in total. The third kappa shape index (κ3) is 3.51. The molecule has 1 aromatic heterocycles. The number of aryl methyl sites for hydroxylation is 1. The Bertz CT molecular complexity index is 522. The Morgan fingerprint density at radius 2 is 1.95 bits per heavy atom. The average molecular weight is 256 g/mol. The molecule has 0 saturated carbocycles. The van der Waals surface area contributed by atoms with E-state index in [1.54, 1.807) is 0 Å². The zero-order valence-corrected chi connectivity index (χ0v) is 11.4. The maximum absolute atomic E-state index is 5.52. The molecule has 4 heteroatoms. The minimum absolute atomic E-state index is 0.309. The lowest BCUT2D eigenvalue weighted by Gasteiger charge is -2.13. The molecule has 0 radical (unpaired) electrons. The maximum atomic E-state index is 5.52. The largest absolute Gasteiger partial charge is 0.366 e.